The summed E-state index contributed by atoms with van der Waals surface area (Å²) >= 11 is 7.78. The van der Waals surface area contributed by atoms with E-state index in [0.717, 1.165) is 32.1 Å². The molecule has 0 saturated carbocycles. The van der Waals surface area contributed by atoms with Gasteiger partial charge in [-0.2, -0.15) is 0 Å². The number of aromatic nitrogens is 1. The van der Waals surface area contributed by atoms with Gasteiger partial charge < -0.3 is 15.7 Å². The molecule has 8 heteroatoms. The zero-order valence-corrected chi connectivity index (χ0v) is 22.1. The fraction of sp³-hybridized carbons (Fsp3) is 0.167. The highest BCUT2D eigenvalue weighted by Gasteiger charge is 2.35. The molecule has 190 valence electrons. The lowest BCUT2D eigenvalue weighted by Gasteiger charge is -2.19. The molecule has 1 aromatic heterocycles. The lowest BCUT2D eigenvalue weighted by molar-refractivity contribution is 0.0982. The minimum absolute atomic E-state index is 0.0385. The summed E-state index contributed by atoms with van der Waals surface area (Å²) in [6, 6.07) is 19.7. The summed E-state index contributed by atoms with van der Waals surface area (Å²) in [4.78, 5) is 32.8. The van der Waals surface area contributed by atoms with E-state index < -0.39 is 0 Å². The molecule has 0 spiro atoms. The third-order valence-corrected chi connectivity index (χ3v) is 8.52. The number of amides is 1. The molecule has 6 nitrogen and oxygen atoms in total. The number of halogens is 1. The van der Waals surface area contributed by atoms with Gasteiger partial charge in [0.2, 0.25) is 0 Å². The number of fused-ring (bicyclic) bond motifs is 4. The largest absolute Gasteiger partial charge is 0.507 e. The maximum atomic E-state index is 13.8. The summed E-state index contributed by atoms with van der Waals surface area (Å²) in [5.74, 6) is 0.260. The highest BCUT2D eigenvalue weighted by Crippen LogP contribution is 2.46. The van der Waals surface area contributed by atoms with Crippen LogP contribution >= 0.6 is 22.9 Å². The molecule has 1 aliphatic heterocycles. The van der Waals surface area contributed by atoms with Gasteiger partial charge in [-0.3, -0.25) is 9.59 Å². The Morgan fingerprint density at radius 2 is 1.87 bits per heavy atom. The molecular formula is C30H24ClN3O3S. The fourth-order valence-corrected chi connectivity index (χ4v) is 6.52. The molecular weight excluding hydrogens is 518 g/mol. The molecule has 5 aromatic rings. The Kier molecular flexibility index (Phi) is 6.05. The lowest BCUT2D eigenvalue weighted by Crippen LogP contribution is -2.30. The number of alkyl halides is 1. The van der Waals surface area contributed by atoms with Gasteiger partial charge in [-0.05, 0) is 65.9 Å². The number of carbonyl (C=O) groups excluding carboxylic acids is 2. The Bertz CT molecular complexity index is 1750. The molecule has 0 saturated heterocycles. The predicted molar refractivity (Wildman–Crippen MR) is 154 cm³/mol. The third kappa shape index (κ3) is 4.08. The average Bonchev–Trinajstić information content (AvgIpc) is 3.48. The standard InChI is InChI=1S/C30H24ClN3O3S/c1-16-3-2-4-21-25(36)12-23-29(28(16)21)19(14-31)15-34(23)30(37)18-7-10-22-26(11-18)38-27(33-22)13-24(35)17-5-8-20(32)9-6-17/h2-12,19,36H,13-15,32H2,1H3/t19-/m1/s1. The highest BCUT2D eigenvalue weighted by atomic mass is 35.5. The molecule has 0 bridgehead atoms. The van der Waals surface area contributed by atoms with Crippen molar-refractivity contribution in [3.05, 3.63) is 94.0 Å². The Hall–Kier alpha value is -3.94. The number of aryl methyl sites for hydroxylation is 1. The van der Waals surface area contributed by atoms with Gasteiger partial charge in [0.25, 0.3) is 5.91 Å². The van der Waals surface area contributed by atoms with Gasteiger partial charge in [0.05, 0.1) is 22.3 Å². The first-order valence-electron chi connectivity index (χ1n) is 12.2. The SMILES string of the molecule is Cc1cccc2c(O)cc3c(c12)[C@H](CCl)CN3C(=O)c1ccc2nc(CC(=O)c3ccc(N)cc3)sc2c1. The molecule has 4 aromatic carbocycles. The van der Waals surface area contributed by atoms with E-state index in [4.69, 9.17) is 17.3 Å². The van der Waals surface area contributed by atoms with Crippen LogP contribution in [0, 0.1) is 6.92 Å². The van der Waals surface area contributed by atoms with Crippen molar-refractivity contribution in [3.63, 3.8) is 0 Å². The van der Waals surface area contributed by atoms with Crippen molar-refractivity contribution in [2.75, 3.05) is 23.1 Å². The summed E-state index contributed by atoms with van der Waals surface area (Å²) in [6.07, 6.45) is 0.176. The van der Waals surface area contributed by atoms with Crippen LogP contribution in [0.1, 0.15) is 42.8 Å². The number of benzene rings is 4. The van der Waals surface area contributed by atoms with E-state index in [1.807, 2.05) is 37.3 Å². The number of rotatable bonds is 5. The van der Waals surface area contributed by atoms with E-state index in [-0.39, 0.29) is 29.8 Å². The minimum atomic E-state index is -0.166. The van der Waals surface area contributed by atoms with Gasteiger partial charge >= 0.3 is 0 Å². The van der Waals surface area contributed by atoms with Crippen molar-refractivity contribution in [2.24, 2.45) is 0 Å². The van der Waals surface area contributed by atoms with Crippen molar-refractivity contribution in [1.82, 2.24) is 4.98 Å². The average molecular weight is 542 g/mol. The van der Waals surface area contributed by atoms with Gasteiger partial charge in [-0.1, -0.05) is 18.2 Å². The second-order valence-corrected chi connectivity index (χ2v) is 11.0. The van der Waals surface area contributed by atoms with Gasteiger partial charge in [0.1, 0.15) is 10.8 Å². The van der Waals surface area contributed by atoms with Crippen molar-refractivity contribution < 1.29 is 14.7 Å². The molecule has 1 amide bonds. The molecule has 38 heavy (non-hydrogen) atoms. The van der Waals surface area contributed by atoms with Gasteiger partial charge in [0, 0.05) is 46.6 Å². The molecule has 0 fully saturated rings. The first-order valence-corrected chi connectivity index (χ1v) is 13.6. The number of carbonyl (C=O) groups is 2. The van der Waals surface area contributed by atoms with Crippen LogP contribution in [0.4, 0.5) is 11.4 Å². The number of hydrogen-bond donors (Lipinski definition) is 2. The summed E-state index contributed by atoms with van der Waals surface area (Å²) < 4.78 is 0.835. The summed E-state index contributed by atoms with van der Waals surface area (Å²) in [6.45, 7) is 2.44. The molecule has 6 rings (SSSR count). The number of phenols is 1. The first kappa shape index (κ1) is 24.4. The number of nitrogens with zero attached hydrogens (tertiary/aromatic N) is 2. The molecule has 0 aliphatic carbocycles. The van der Waals surface area contributed by atoms with E-state index in [9.17, 15) is 14.7 Å². The number of anilines is 2. The highest BCUT2D eigenvalue weighted by molar-refractivity contribution is 7.18. The Labute approximate surface area is 228 Å². The van der Waals surface area contributed by atoms with Crippen LogP contribution in [-0.2, 0) is 6.42 Å². The smallest absolute Gasteiger partial charge is 0.258 e. The third-order valence-electron chi connectivity index (χ3n) is 7.13. The van der Waals surface area contributed by atoms with Crippen LogP contribution in [-0.4, -0.2) is 34.2 Å². The van der Waals surface area contributed by atoms with Crippen molar-refractivity contribution >= 4 is 67.0 Å². The maximum absolute atomic E-state index is 13.8. The Morgan fingerprint density at radius 3 is 2.63 bits per heavy atom. The Balaban J connectivity index is 1.33. The monoisotopic (exact) mass is 541 g/mol. The molecule has 0 radical (unpaired) electrons. The Morgan fingerprint density at radius 1 is 1.11 bits per heavy atom. The second-order valence-electron chi connectivity index (χ2n) is 9.61. The first-order chi connectivity index (χ1) is 18.3. The van der Waals surface area contributed by atoms with Gasteiger partial charge in [-0.15, -0.1) is 22.9 Å². The van der Waals surface area contributed by atoms with E-state index in [0.29, 0.717) is 39.9 Å². The van der Waals surface area contributed by atoms with Crippen LogP contribution in [0.3, 0.4) is 0 Å². The molecule has 0 unspecified atom stereocenters. The van der Waals surface area contributed by atoms with E-state index >= 15 is 0 Å². The van der Waals surface area contributed by atoms with Crippen LogP contribution in [0.15, 0.2) is 66.7 Å². The van der Waals surface area contributed by atoms with Crippen molar-refractivity contribution in [3.8, 4) is 5.75 Å². The van der Waals surface area contributed by atoms with Crippen LogP contribution in [0.2, 0.25) is 0 Å². The molecule has 1 aliphatic rings. The van der Waals surface area contributed by atoms with Gasteiger partial charge in [0.15, 0.2) is 5.78 Å². The van der Waals surface area contributed by atoms with E-state index in [1.54, 1.807) is 41.3 Å². The number of aromatic hydroxyl groups is 1. The number of phenolic OH excluding ortho intramolecular Hbond substituents is 1. The van der Waals surface area contributed by atoms with Crippen molar-refractivity contribution in [2.45, 2.75) is 19.3 Å². The summed E-state index contributed by atoms with van der Waals surface area (Å²) in [7, 11) is 0. The van der Waals surface area contributed by atoms with Crippen LogP contribution in [0.25, 0.3) is 21.0 Å². The molecule has 2 heterocycles. The van der Waals surface area contributed by atoms with Crippen LogP contribution < -0.4 is 10.6 Å². The van der Waals surface area contributed by atoms with E-state index in [2.05, 4.69) is 4.98 Å². The fourth-order valence-electron chi connectivity index (χ4n) is 5.26. The molecule has 3 N–H and O–H groups in total. The number of nitrogens with two attached hydrogens (primary N) is 1. The normalized spacial score (nSPS) is 14.8. The topological polar surface area (TPSA) is 96.5 Å². The minimum Gasteiger partial charge on any atom is -0.507 e. The summed E-state index contributed by atoms with van der Waals surface area (Å²) in [5.41, 5.74) is 10.9. The number of hydrogen-bond acceptors (Lipinski definition) is 6. The number of Topliss-reactive ketones (excluding diaryl/α,β-unsaturated/α-hetero) is 1. The maximum Gasteiger partial charge on any atom is 0.258 e. The number of nitrogen functional groups attached to an aromatic ring is 1. The van der Waals surface area contributed by atoms with E-state index in [1.165, 1.54) is 11.3 Å². The van der Waals surface area contributed by atoms with Gasteiger partial charge in [-0.25, -0.2) is 4.98 Å². The van der Waals surface area contributed by atoms with Crippen molar-refractivity contribution in [1.29, 1.82) is 0 Å². The number of thiazole rings is 1. The zero-order chi connectivity index (χ0) is 26.6. The summed E-state index contributed by atoms with van der Waals surface area (Å²) in [5, 5.41) is 13.2. The lowest BCUT2D eigenvalue weighted by atomic mass is 9.92. The predicted octanol–water partition coefficient (Wildman–Crippen LogP) is 6.45. The quantitative estimate of drug-likeness (QED) is 0.151. The van der Waals surface area contributed by atoms with Crippen LogP contribution in [0.5, 0.6) is 5.75 Å². The number of ketones is 1. The zero-order valence-electron chi connectivity index (χ0n) is 20.6. The molecule has 1 atom stereocenters. The second kappa shape index (κ2) is 9.42.